The number of amidine groups is 1. The van der Waals surface area contributed by atoms with Crippen LogP contribution >= 0.6 is 11.8 Å². The summed E-state index contributed by atoms with van der Waals surface area (Å²) in [7, 11) is 0. The Morgan fingerprint density at radius 1 is 1.53 bits per heavy atom. The quantitative estimate of drug-likeness (QED) is 0.202. The Hall–Kier alpha value is -1.24. The van der Waals surface area contributed by atoms with Crippen LogP contribution in [0.25, 0.3) is 0 Å². The lowest BCUT2D eigenvalue weighted by molar-refractivity contribution is 0.113. The Labute approximate surface area is 104 Å². The van der Waals surface area contributed by atoms with Gasteiger partial charge in [0.25, 0.3) is 0 Å². The van der Waals surface area contributed by atoms with Crippen LogP contribution in [0.4, 0.5) is 0 Å². The van der Waals surface area contributed by atoms with Crippen LogP contribution in [0, 0.1) is 6.92 Å². The van der Waals surface area contributed by atoms with Crippen molar-refractivity contribution in [2.75, 3.05) is 12.4 Å². The molecule has 5 N–H and O–H groups in total. The summed E-state index contributed by atoms with van der Waals surface area (Å²) in [6.45, 7) is 1.65. The molecular formula is C11H16N2O3S. The second kappa shape index (κ2) is 6.48. The van der Waals surface area contributed by atoms with Crippen LogP contribution in [-0.4, -0.2) is 39.7 Å². The summed E-state index contributed by atoms with van der Waals surface area (Å²) in [6, 6.07) is 5.51. The molecule has 0 saturated heterocycles. The molecule has 94 valence electrons. The van der Waals surface area contributed by atoms with E-state index in [9.17, 15) is 5.11 Å². The van der Waals surface area contributed by atoms with E-state index in [1.165, 1.54) is 11.8 Å². The van der Waals surface area contributed by atoms with Crippen molar-refractivity contribution in [3.63, 3.8) is 0 Å². The van der Waals surface area contributed by atoms with E-state index in [-0.39, 0.29) is 12.4 Å². The van der Waals surface area contributed by atoms with E-state index in [2.05, 4.69) is 5.16 Å². The van der Waals surface area contributed by atoms with E-state index >= 15 is 0 Å². The lowest BCUT2D eigenvalue weighted by Crippen LogP contribution is -2.17. The number of hydrogen-bond acceptors (Lipinski definition) is 5. The Morgan fingerprint density at radius 2 is 2.24 bits per heavy atom. The SMILES string of the molecule is Cc1ccc(C(N)=NO)c(SCC(O)CO)c1. The van der Waals surface area contributed by atoms with Gasteiger partial charge >= 0.3 is 0 Å². The molecule has 1 unspecified atom stereocenters. The number of oxime groups is 1. The number of nitrogens with two attached hydrogens (primary N) is 1. The molecule has 17 heavy (non-hydrogen) atoms. The van der Waals surface area contributed by atoms with Crippen molar-refractivity contribution in [2.24, 2.45) is 10.9 Å². The molecule has 0 fully saturated rings. The van der Waals surface area contributed by atoms with Crippen molar-refractivity contribution >= 4 is 17.6 Å². The Morgan fingerprint density at radius 3 is 2.82 bits per heavy atom. The average molecular weight is 256 g/mol. The highest BCUT2D eigenvalue weighted by molar-refractivity contribution is 7.99. The number of aryl methyl sites for hydroxylation is 1. The van der Waals surface area contributed by atoms with E-state index in [4.69, 9.17) is 16.0 Å². The Kier molecular flexibility index (Phi) is 5.27. The number of aliphatic hydroxyl groups is 2. The first-order chi connectivity index (χ1) is 8.08. The van der Waals surface area contributed by atoms with Gasteiger partial charge in [-0.25, -0.2) is 0 Å². The normalized spacial score (nSPS) is 13.7. The first-order valence-electron chi connectivity index (χ1n) is 5.08. The standard InChI is InChI=1S/C11H16N2O3S/c1-7-2-3-9(11(12)13-16)10(4-7)17-6-8(15)5-14/h2-4,8,14-16H,5-6H2,1H3,(H2,12,13). The van der Waals surface area contributed by atoms with Gasteiger partial charge in [-0.15, -0.1) is 11.8 Å². The summed E-state index contributed by atoms with van der Waals surface area (Å²) in [6.07, 6.45) is -0.777. The van der Waals surface area contributed by atoms with E-state index in [0.29, 0.717) is 11.3 Å². The maximum atomic E-state index is 9.29. The monoisotopic (exact) mass is 256 g/mol. The van der Waals surface area contributed by atoms with Crippen LogP contribution in [0.15, 0.2) is 28.3 Å². The van der Waals surface area contributed by atoms with Gasteiger partial charge in [-0.1, -0.05) is 11.2 Å². The van der Waals surface area contributed by atoms with Crippen molar-refractivity contribution < 1.29 is 15.4 Å². The molecule has 1 aromatic rings. The number of nitrogens with zero attached hydrogens (tertiary/aromatic N) is 1. The number of thioether (sulfide) groups is 1. The van der Waals surface area contributed by atoms with Gasteiger partial charge in [0.05, 0.1) is 12.7 Å². The van der Waals surface area contributed by atoms with E-state index in [0.717, 1.165) is 10.5 Å². The summed E-state index contributed by atoms with van der Waals surface area (Å²) < 4.78 is 0. The zero-order valence-corrected chi connectivity index (χ0v) is 10.3. The summed E-state index contributed by atoms with van der Waals surface area (Å²) in [5.74, 6) is 0.386. The van der Waals surface area contributed by atoms with Crippen molar-refractivity contribution in [1.82, 2.24) is 0 Å². The van der Waals surface area contributed by atoms with Gasteiger partial charge in [0.2, 0.25) is 0 Å². The smallest absolute Gasteiger partial charge is 0.171 e. The third kappa shape index (κ3) is 3.92. The molecule has 0 aliphatic carbocycles. The molecule has 6 heteroatoms. The summed E-state index contributed by atoms with van der Waals surface area (Å²) >= 11 is 1.36. The van der Waals surface area contributed by atoms with Gasteiger partial charge in [0.1, 0.15) is 0 Å². The first-order valence-corrected chi connectivity index (χ1v) is 6.07. The van der Waals surface area contributed by atoms with Crippen molar-refractivity contribution in [2.45, 2.75) is 17.9 Å². The van der Waals surface area contributed by atoms with Crippen molar-refractivity contribution in [3.05, 3.63) is 29.3 Å². The summed E-state index contributed by atoms with van der Waals surface area (Å²) in [5, 5.41) is 29.7. The fraction of sp³-hybridized carbons (Fsp3) is 0.364. The fourth-order valence-corrected chi connectivity index (χ4v) is 2.33. The molecular weight excluding hydrogens is 240 g/mol. The molecule has 0 aliphatic heterocycles. The van der Waals surface area contributed by atoms with Gasteiger partial charge < -0.3 is 21.2 Å². The average Bonchev–Trinajstić information content (AvgIpc) is 2.35. The van der Waals surface area contributed by atoms with Gasteiger partial charge in [-0.2, -0.15) is 0 Å². The fourth-order valence-electron chi connectivity index (χ4n) is 1.25. The molecule has 0 amide bonds. The molecule has 0 spiro atoms. The van der Waals surface area contributed by atoms with Gasteiger partial charge in [0, 0.05) is 16.2 Å². The molecule has 0 heterocycles. The minimum Gasteiger partial charge on any atom is -0.409 e. The molecule has 0 radical (unpaired) electrons. The summed E-state index contributed by atoms with van der Waals surface area (Å²) in [4.78, 5) is 0.813. The molecule has 0 aromatic heterocycles. The van der Waals surface area contributed by atoms with Crippen molar-refractivity contribution in [3.8, 4) is 0 Å². The van der Waals surface area contributed by atoms with Crippen LogP contribution in [-0.2, 0) is 0 Å². The molecule has 0 aliphatic rings. The van der Waals surface area contributed by atoms with E-state index in [1.807, 2.05) is 19.1 Å². The number of hydrogen-bond donors (Lipinski definition) is 4. The number of rotatable bonds is 5. The predicted octanol–water partition coefficient (Wildman–Crippen LogP) is 0.535. The van der Waals surface area contributed by atoms with Gasteiger partial charge in [0.15, 0.2) is 5.84 Å². The predicted molar refractivity (Wildman–Crippen MR) is 67.5 cm³/mol. The topological polar surface area (TPSA) is 99.1 Å². The number of benzene rings is 1. The zero-order valence-electron chi connectivity index (χ0n) is 9.50. The maximum Gasteiger partial charge on any atom is 0.171 e. The third-order valence-corrected chi connectivity index (χ3v) is 3.36. The second-order valence-corrected chi connectivity index (χ2v) is 4.69. The highest BCUT2D eigenvalue weighted by Crippen LogP contribution is 2.24. The second-order valence-electron chi connectivity index (χ2n) is 3.63. The van der Waals surface area contributed by atoms with Crippen LogP contribution in [0.1, 0.15) is 11.1 Å². The highest BCUT2D eigenvalue weighted by atomic mass is 32.2. The van der Waals surface area contributed by atoms with E-state index < -0.39 is 6.10 Å². The van der Waals surface area contributed by atoms with Gasteiger partial charge in [-0.3, -0.25) is 0 Å². The van der Waals surface area contributed by atoms with E-state index in [1.54, 1.807) is 6.07 Å². The third-order valence-electron chi connectivity index (χ3n) is 2.16. The minimum absolute atomic E-state index is 0.0333. The summed E-state index contributed by atoms with van der Waals surface area (Å²) in [5.41, 5.74) is 7.22. The highest BCUT2D eigenvalue weighted by Gasteiger charge is 2.10. The largest absolute Gasteiger partial charge is 0.409 e. The van der Waals surface area contributed by atoms with Crippen LogP contribution < -0.4 is 5.73 Å². The maximum absolute atomic E-state index is 9.29. The van der Waals surface area contributed by atoms with Crippen molar-refractivity contribution in [1.29, 1.82) is 0 Å². The van der Waals surface area contributed by atoms with Gasteiger partial charge in [-0.05, 0) is 24.6 Å². The molecule has 5 nitrogen and oxygen atoms in total. The molecule has 0 bridgehead atoms. The molecule has 1 rings (SSSR count). The lowest BCUT2D eigenvalue weighted by Gasteiger charge is -2.11. The van der Waals surface area contributed by atoms with Crippen LogP contribution in [0.3, 0.4) is 0 Å². The van der Waals surface area contributed by atoms with Crippen LogP contribution in [0.5, 0.6) is 0 Å². The Bertz CT molecular complexity index is 410. The number of aliphatic hydroxyl groups excluding tert-OH is 2. The molecule has 1 aromatic carbocycles. The zero-order chi connectivity index (χ0) is 12.8. The Balaban J connectivity index is 2.91. The molecule has 0 saturated carbocycles. The molecule has 1 atom stereocenters. The van der Waals surface area contributed by atoms with Crippen LogP contribution in [0.2, 0.25) is 0 Å². The minimum atomic E-state index is -0.777. The lowest BCUT2D eigenvalue weighted by atomic mass is 10.1. The first kappa shape index (κ1) is 13.8.